The predicted molar refractivity (Wildman–Crippen MR) is 78.1 cm³/mol. The van der Waals surface area contributed by atoms with Gasteiger partial charge in [-0.2, -0.15) is 4.98 Å². The first kappa shape index (κ1) is 13.4. The topological polar surface area (TPSA) is 61.0 Å². The first-order chi connectivity index (χ1) is 9.28. The molecule has 0 saturated carbocycles. The molecule has 19 heavy (non-hydrogen) atoms. The van der Waals surface area contributed by atoms with Crippen molar-refractivity contribution >= 4 is 17.6 Å². The maximum atomic E-state index is 5.73. The second kappa shape index (κ2) is 6.80. The fourth-order valence-electron chi connectivity index (χ4n) is 1.43. The highest BCUT2D eigenvalue weighted by molar-refractivity contribution is 7.98. The van der Waals surface area contributed by atoms with Gasteiger partial charge in [0.1, 0.15) is 12.4 Å². The molecule has 4 nitrogen and oxygen atoms in total. The minimum absolute atomic E-state index is 0.402. The van der Waals surface area contributed by atoms with Crippen molar-refractivity contribution in [3.8, 4) is 5.88 Å². The molecule has 1 heterocycles. The number of hydrogen-bond acceptors (Lipinski definition) is 5. The van der Waals surface area contributed by atoms with Crippen LogP contribution >= 0.6 is 11.8 Å². The van der Waals surface area contributed by atoms with Gasteiger partial charge in [0.25, 0.3) is 0 Å². The molecule has 2 aromatic rings. The molecule has 2 N–H and O–H groups in total. The molecule has 0 aliphatic heterocycles. The normalized spacial score (nSPS) is 10.1. The number of nitrogens with two attached hydrogens (primary N) is 1. The lowest BCUT2D eigenvalue weighted by atomic mass is 10.2. The van der Waals surface area contributed by atoms with E-state index in [4.69, 9.17) is 10.5 Å². The largest absolute Gasteiger partial charge is 0.473 e. The number of thioether (sulfide) groups is 1. The Morgan fingerprint density at radius 3 is 2.79 bits per heavy atom. The van der Waals surface area contributed by atoms with Gasteiger partial charge in [-0.25, -0.2) is 4.98 Å². The van der Waals surface area contributed by atoms with E-state index in [9.17, 15) is 0 Å². The Bertz CT molecular complexity index is 546. The van der Waals surface area contributed by atoms with Gasteiger partial charge in [-0.05, 0) is 5.56 Å². The molecular weight excluding hydrogens is 258 g/mol. The minimum Gasteiger partial charge on any atom is -0.473 e. The number of benzene rings is 1. The van der Waals surface area contributed by atoms with Gasteiger partial charge in [0.15, 0.2) is 5.16 Å². The van der Waals surface area contributed by atoms with Crippen molar-refractivity contribution in [1.29, 1.82) is 0 Å². The van der Waals surface area contributed by atoms with Crippen LogP contribution < -0.4 is 10.5 Å². The zero-order chi connectivity index (χ0) is 13.5. The molecule has 0 amide bonds. The Morgan fingerprint density at radius 2 is 2.05 bits per heavy atom. The van der Waals surface area contributed by atoms with Crippen LogP contribution in [0.5, 0.6) is 5.88 Å². The van der Waals surface area contributed by atoms with E-state index in [0.717, 1.165) is 5.75 Å². The summed E-state index contributed by atoms with van der Waals surface area (Å²) in [5.74, 6) is 1.68. The second-order valence-electron chi connectivity index (χ2n) is 3.79. The summed E-state index contributed by atoms with van der Waals surface area (Å²) in [6, 6.07) is 11.7. The van der Waals surface area contributed by atoms with Gasteiger partial charge >= 0.3 is 0 Å². The van der Waals surface area contributed by atoms with E-state index in [1.54, 1.807) is 12.1 Å². The quantitative estimate of drug-likeness (QED) is 0.498. The van der Waals surface area contributed by atoms with E-state index in [-0.39, 0.29) is 0 Å². The lowest BCUT2D eigenvalue weighted by molar-refractivity contribution is 0.345. The molecule has 5 heteroatoms. The molecule has 0 radical (unpaired) electrons. The first-order valence-corrected chi connectivity index (χ1v) is 6.81. The van der Waals surface area contributed by atoms with Crippen LogP contribution in [0, 0.1) is 0 Å². The number of ether oxygens (including phenoxy) is 1. The van der Waals surface area contributed by atoms with Crippen LogP contribution in [0.25, 0.3) is 0 Å². The van der Waals surface area contributed by atoms with Crippen LogP contribution in [0.1, 0.15) is 5.56 Å². The molecule has 98 valence electrons. The molecule has 0 atom stereocenters. The smallest absolute Gasteiger partial charge is 0.219 e. The summed E-state index contributed by atoms with van der Waals surface area (Å²) >= 11 is 1.53. The Kier molecular flexibility index (Phi) is 4.80. The van der Waals surface area contributed by atoms with E-state index in [1.807, 2.05) is 18.2 Å². The molecule has 0 unspecified atom stereocenters. The highest BCUT2D eigenvalue weighted by atomic mass is 32.2. The van der Waals surface area contributed by atoms with Crippen molar-refractivity contribution in [2.24, 2.45) is 0 Å². The summed E-state index contributed by atoms with van der Waals surface area (Å²) in [5, 5.41) is 0.614. The fraction of sp³-hybridized carbons (Fsp3) is 0.143. The zero-order valence-electron chi connectivity index (χ0n) is 10.5. The maximum Gasteiger partial charge on any atom is 0.219 e. The molecule has 1 aromatic heterocycles. The molecule has 0 bridgehead atoms. The highest BCUT2D eigenvalue weighted by Crippen LogP contribution is 2.22. The Morgan fingerprint density at radius 1 is 1.26 bits per heavy atom. The van der Waals surface area contributed by atoms with Gasteiger partial charge in [0.05, 0.1) is 0 Å². The van der Waals surface area contributed by atoms with Crippen molar-refractivity contribution < 1.29 is 4.74 Å². The van der Waals surface area contributed by atoms with Crippen molar-refractivity contribution in [3.05, 3.63) is 54.6 Å². The molecule has 0 fully saturated rings. The number of hydrogen-bond donors (Lipinski definition) is 1. The minimum atomic E-state index is 0.402. The Labute approximate surface area is 116 Å². The zero-order valence-corrected chi connectivity index (χ0v) is 11.3. The number of anilines is 1. The molecular formula is C14H15N3OS. The van der Waals surface area contributed by atoms with E-state index in [0.29, 0.717) is 23.5 Å². The van der Waals surface area contributed by atoms with Crippen molar-refractivity contribution in [1.82, 2.24) is 9.97 Å². The van der Waals surface area contributed by atoms with Crippen LogP contribution in [0.15, 0.2) is 54.2 Å². The third-order valence-electron chi connectivity index (χ3n) is 2.26. The summed E-state index contributed by atoms with van der Waals surface area (Å²) in [5.41, 5.74) is 6.94. The molecule has 0 aliphatic carbocycles. The lowest BCUT2D eigenvalue weighted by Gasteiger charge is -2.06. The highest BCUT2D eigenvalue weighted by Gasteiger charge is 2.04. The summed E-state index contributed by atoms with van der Waals surface area (Å²) in [7, 11) is 0. The van der Waals surface area contributed by atoms with Crippen molar-refractivity contribution in [2.45, 2.75) is 10.9 Å². The van der Waals surface area contributed by atoms with Gasteiger partial charge in [-0.3, -0.25) is 0 Å². The van der Waals surface area contributed by atoms with E-state index in [1.165, 1.54) is 17.3 Å². The van der Waals surface area contributed by atoms with Crippen LogP contribution in [-0.2, 0) is 5.75 Å². The van der Waals surface area contributed by atoms with E-state index < -0.39 is 0 Å². The number of rotatable bonds is 6. The first-order valence-electron chi connectivity index (χ1n) is 5.83. The van der Waals surface area contributed by atoms with E-state index >= 15 is 0 Å². The summed E-state index contributed by atoms with van der Waals surface area (Å²) < 4.78 is 5.37. The van der Waals surface area contributed by atoms with Gasteiger partial charge in [0.2, 0.25) is 5.88 Å². The SMILES string of the molecule is C=CCOc1cc(N)nc(SCc2ccccc2)n1. The fourth-order valence-corrected chi connectivity index (χ4v) is 2.24. The van der Waals surface area contributed by atoms with E-state index in [2.05, 4.69) is 28.7 Å². The van der Waals surface area contributed by atoms with Crippen molar-refractivity contribution in [3.63, 3.8) is 0 Å². The predicted octanol–water partition coefficient (Wildman–Crippen LogP) is 2.92. The molecule has 0 spiro atoms. The number of nitrogens with zero attached hydrogens (tertiary/aromatic N) is 2. The summed E-state index contributed by atoms with van der Waals surface area (Å²) in [4.78, 5) is 8.47. The van der Waals surface area contributed by atoms with Gasteiger partial charge in [-0.15, -0.1) is 0 Å². The average Bonchev–Trinajstić information content (AvgIpc) is 2.43. The molecule has 2 rings (SSSR count). The van der Waals surface area contributed by atoms with Gasteiger partial charge in [0, 0.05) is 11.8 Å². The Balaban J connectivity index is 2.03. The lowest BCUT2D eigenvalue weighted by Crippen LogP contribution is -2.01. The molecule has 0 saturated heterocycles. The van der Waals surface area contributed by atoms with Gasteiger partial charge in [-0.1, -0.05) is 54.7 Å². The third kappa shape index (κ3) is 4.30. The second-order valence-corrected chi connectivity index (χ2v) is 4.73. The number of aromatic nitrogens is 2. The molecule has 1 aromatic carbocycles. The van der Waals surface area contributed by atoms with Crippen LogP contribution in [0.4, 0.5) is 5.82 Å². The molecule has 0 aliphatic rings. The summed E-state index contributed by atoms with van der Waals surface area (Å²) in [6.45, 7) is 3.99. The van der Waals surface area contributed by atoms with Crippen LogP contribution in [0.3, 0.4) is 0 Å². The Hall–Kier alpha value is -2.01. The third-order valence-corrected chi connectivity index (χ3v) is 3.18. The number of nitrogen functional groups attached to an aromatic ring is 1. The monoisotopic (exact) mass is 273 g/mol. The summed E-state index contributed by atoms with van der Waals surface area (Å²) in [6.07, 6.45) is 1.66. The van der Waals surface area contributed by atoms with Gasteiger partial charge < -0.3 is 10.5 Å². The maximum absolute atomic E-state index is 5.73. The van der Waals surface area contributed by atoms with Crippen molar-refractivity contribution in [2.75, 3.05) is 12.3 Å². The average molecular weight is 273 g/mol. The van der Waals surface area contributed by atoms with Crippen LogP contribution in [0.2, 0.25) is 0 Å². The standard InChI is InChI=1S/C14H15N3OS/c1-2-8-18-13-9-12(15)16-14(17-13)19-10-11-6-4-3-5-7-11/h2-7,9H,1,8,10H2,(H2,15,16,17). The van der Waals surface area contributed by atoms with Crippen LogP contribution in [-0.4, -0.2) is 16.6 Å².